The third-order valence-electron chi connectivity index (χ3n) is 2.07. The molecule has 0 aliphatic rings. The average molecular weight is 188 g/mol. The largest absolute Gasteiger partial charge is 0.298 e. The van der Waals surface area contributed by atoms with Crippen LogP contribution in [0.2, 0.25) is 0 Å². The Kier molecular flexibility index (Phi) is 5.64. The average Bonchev–Trinajstić information content (AvgIpc) is 1.98. The van der Waals surface area contributed by atoms with Crippen LogP contribution in [0.5, 0.6) is 0 Å². The second kappa shape index (κ2) is 5.63. The van der Waals surface area contributed by atoms with Gasteiger partial charge in [-0.15, -0.1) is 0 Å². The van der Waals surface area contributed by atoms with E-state index in [1.807, 2.05) is 13.8 Å². The lowest BCUT2D eigenvalue weighted by molar-refractivity contribution is -0.119. The first-order valence-electron chi connectivity index (χ1n) is 4.59. The maximum atomic E-state index is 11.2. The molecular weight excluding hydrogens is 168 g/mol. The van der Waals surface area contributed by atoms with Crippen LogP contribution in [0.4, 0.5) is 0 Å². The normalized spacial score (nSPS) is 13.9. The van der Waals surface area contributed by atoms with E-state index in [1.54, 1.807) is 11.8 Å². The van der Waals surface area contributed by atoms with Gasteiger partial charge in [0.25, 0.3) is 0 Å². The zero-order valence-corrected chi connectivity index (χ0v) is 9.57. The van der Waals surface area contributed by atoms with Gasteiger partial charge in [0.1, 0.15) is 5.78 Å². The van der Waals surface area contributed by atoms with E-state index in [0.717, 1.165) is 0 Å². The first-order valence-corrected chi connectivity index (χ1v) is 5.64. The summed E-state index contributed by atoms with van der Waals surface area (Å²) in [4.78, 5) is 11.2. The van der Waals surface area contributed by atoms with Crippen LogP contribution >= 0.6 is 11.8 Å². The highest BCUT2D eigenvalue weighted by Crippen LogP contribution is 2.19. The highest BCUT2D eigenvalue weighted by molar-refractivity contribution is 8.00. The van der Waals surface area contributed by atoms with Crippen molar-refractivity contribution in [2.45, 2.75) is 39.9 Å². The van der Waals surface area contributed by atoms with Gasteiger partial charge in [0.05, 0.1) is 5.75 Å². The topological polar surface area (TPSA) is 17.1 Å². The van der Waals surface area contributed by atoms with E-state index in [2.05, 4.69) is 20.8 Å². The number of rotatable bonds is 5. The molecule has 0 saturated heterocycles. The summed E-state index contributed by atoms with van der Waals surface area (Å²) >= 11 is 1.77. The Morgan fingerprint density at radius 3 is 2.00 bits per heavy atom. The second-order valence-electron chi connectivity index (χ2n) is 3.88. The van der Waals surface area contributed by atoms with E-state index in [0.29, 0.717) is 22.7 Å². The van der Waals surface area contributed by atoms with Gasteiger partial charge in [0.15, 0.2) is 0 Å². The summed E-state index contributed by atoms with van der Waals surface area (Å²) in [7, 11) is 0. The Morgan fingerprint density at radius 2 is 1.67 bits per heavy atom. The van der Waals surface area contributed by atoms with Crippen LogP contribution in [0.3, 0.4) is 0 Å². The molecule has 1 atom stereocenters. The van der Waals surface area contributed by atoms with Crippen LogP contribution in [0.1, 0.15) is 34.6 Å². The molecule has 0 fully saturated rings. The monoisotopic (exact) mass is 188 g/mol. The molecule has 1 nitrogen and oxygen atoms in total. The van der Waals surface area contributed by atoms with Crippen molar-refractivity contribution in [3.63, 3.8) is 0 Å². The number of thioether (sulfide) groups is 1. The van der Waals surface area contributed by atoms with Crippen molar-refractivity contribution in [2.75, 3.05) is 5.75 Å². The molecule has 0 heterocycles. The van der Waals surface area contributed by atoms with Gasteiger partial charge in [0, 0.05) is 11.2 Å². The van der Waals surface area contributed by atoms with Crippen LogP contribution in [0.15, 0.2) is 0 Å². The van der Waals surface area contributed by atoms with Crippen molar-refractivity contribution >= 4 is 17.5 Å². The maximum absolute atomic E-state index is 11.2. The molecule has 12 heavy (non-hydrogen) atoms. The van der Waals surface area contributed by atoms with Crippen molar-refractivity contribution in [3.8, 4) is 0 Å². The number of hydrogen-bond donors (Lipinski definition) is 0. The SMILES string of the molecule is CC(C)C(=O)CSC(C)C(C)C. The predicted octanol–water partition coefficient (Wildman–Crippen LogP) is 2.99. The minimum atomic E-state index is 0.192. The van der Waals surface area contributed by atoms with Crippen LogP contribution in [0.25, 0.3) is 0 Å². The van der Waals surface area contributed by atoms with Gasteiger partial charge in [0.2, 0.25) is 0 Å². The molecule has 0 aliphatic carbocycles. The molecular formula is C10H20OS. The lowest BCUT2D eigenvalue weighted by Gasteiger charge is -2.14. The molecule has 72 valence electrons. The smallest absolute Gasteiger partial charge is 0.145 e. The van der Waals surface area contributed by atoms with Crippen LogP contribution in [-0.4, -0.2) is 16.8 Å². The van der Waals surface area contributed by atoms with Gasteiger partial charge in [-0.2, -0.15) is 11.8 Å². The van der Waals surface area contributed by atoms with Gasteiger partial charge in [-0.3, -0.25) is 4.79 Å². The molecule has 0 saturated carbocycles. The molecule has 0 rings (SSSR count). The fourth-order valence-corrected chi connectivity index (χ4v) is 1.72. The van der Waals surface area contributed by atoms with Crippen molar-refractivity contribution in [1.82, 2.24) is 0 Å². The van der Waals surface area contributed by atoms with Crippen LogP contribution in [-0.2, 0) is 4.79 Å². The highest BCUT2D eigenvalue weighted by Gasteiger charge is 2.12. The Bertz CT molecular complexity index is 141. The van der Waals surface area contributed by atoms with E-state index >= 15 is 0 Å². The number of hydrogen-bond acceptors (Lipinski definition) is 2. The molecule has 0 spiro atoms. The highest BCUT2D eigenvalue weighted by atomic mass is 32.2. The van der Waals surface area contributed by atoms with Crippen molar-refractivity contribution in [1.29, 1.82) is 0 Å². The van der Waals surface area contributed by atoms with Crippen LogP contribution < -0.4 is 0 Å². The van der Waals surface area contributed by atoms with Gasteiger partial charge in [-0.25, -0.2) is 0 Å². The van der Waals surface area contributed by atoms with E-state index in [-0.39, 0.29) is 5.92 Å². The quantitative estimate of drug-likeness (QED) is 0.660. The fourth-order valence-electron chi connectivity index (χ4n) is 0.573. The summed E-state index contributed by atoms with van der Waals surface area (Å²) in [5, 5.41) is 0.590. The lowest BCUT2D eigenvalue weighted by Crippen LogP contribution is -2.14. The Balaban J connectivity index is 3.61. The zero-order chi connectivity index (χ0) is 9.72. The Hall–Kier alpha value is 0.0200. The molecule has 0 radical (unpaired) electrons. The van der Waals surface area contributed by atoms with Crippen molar-refractivity contribution in [3.05, 3.63) is 0 Å². The molecule has 0 bridgehead atoms. The lowest BCUT2D eigenvalue weighted by atomic mass is 10.1. The van der Waals surface area contributed by atoms with Gasteiger partial charge in [-0.1, -0.05) is 34.6 Å². The molecule has 0 aromatic heterocycles. The number of carbonyl (C=O) groups is 1. The van der Waals surface area contributed by atoms with E-state index in [4.69, 9.17) is 0 Å². The first-order chi connectivity index (χ1) is 5.45. The molecule has 0 aliphatic heterocycles. The van der Waals surface area contributed by atoms with Crippen LogP contribution in [0, 0.1) is 11.8 Å². The molecule has 0 N–H and O–H groups in total. The number of carbonyl (C=O) groups excluding carboxylic acids is 1. The third kappa shape index (κ3) is 4.81. The van der Waals surface area contributed by atoms with E-state index in [1.165, 1.54) is 0 Å². The van der Waals surface area contributed by atoms with Crippen molar-refractivity contribution in [2.24, 2.45) is 11.8 Å². The summed E-state index contributed by atoms with van der Waals surface area (Å²) < 4.78 is 0. The standard InChI is InChI=1S/C10H20OS/c1-7(2)9(5)12-6-10(11)8(3)4/h7-9H,6H2,1-5H3. The number of Topliss-reactive ketones (excluding diaryl/α,β-unsaturated/α-hetero) is 1. The summed E-state index contributed by atoms with van der Waals surface area (Å²) in [6.07, 6.45) is 0. The molecule has 0 aromatic rings. The van der Waals surface area contributed by atoms with Crippen molar-refractivity contribution < 1.29 is 4.79 Å². The molecule has 2 heteroatoms. The maximum Gasteiger partial charge on any atom is 0.145 e. The summed E-state index contributed by atoms with van der Waals surface area (Å²) in [6.45, 7) is 10.5. The molecule has 0 aromatic carbocycles. The Labute approximate surface area is 80.3 Å². The minimum absolute atomic E-state index is 0.192. The minimum Gasteiger partial charge on any atom is -0.298 e. The first kappa shape index (κ1) is 12.0. The zero-order valence-electron chi connectivity index (χ0n) is 8.76. The summed E-state index contributed by atoms with van der Waals surface area (Å²) in [5.74, 6) is 1.90. The van der Waals surface area contributed by atoms with Gasteiger partial charge < -0.3 is 0 Å². The van der Waals surface area contributed by atoms with Gasteiger partial charge >= 0.3 is 0 Å². The summed E-state index contributed by atoms with van der Waals surface area (Å²) in [6, 6.07) is 0. The van der Waals surface area contributed by atoms with E-state index < -0.39 is 0 Å². The Morgan fingerprint density at radius 1 is 1.17 bits per heavy atom. The van der Waals surface area contributed by atoms with E-state index in [9.17, 15) is 4.79 Å². The molecule has 1 unspecified atom stereocenters. The van der Waals surface area contributed by atoms with Gasteiger partial charge in [-0.05, 0) is 5.92 Å². The fraction of sp³-hybridized carbons (Fsp3) is 0.900. The predicted molar refractivity (Wildman–Crippen MR) is 56.6 cm³/mol. The second-order valence-corrected chi connectivity index (χ2v) is 5.25. The summed E-state index contributed by atoms with van der Waals surface area (Å²) in [5.41, 5.74) is 0. The number of ketones is 1. The molecule has 0 amide bonds. The third-order valence-corrected chi connectivity index (χ3v) is 3.59.